The van der Waals surface area contributed by atoms with E-state index in [1.807, 2.05) is 0 Å². The predicted molar refractivity (Wildman–Crippen MR) is 71.0 cm³/mol. The number of piperazine rings is 1. The predicted octanol–water partition coefficient (Wildman–Crippen LogP) is -1.04. The van der Waals surface area contributed by atoms with Gasteiger partial charge < -0.3 is 11.1 Å². The molecule has 0 saturated carbocycles. The largest absolute Gasteiger partial charge is 0.370 e. The first-order valence-electron chi connectivity index (χ1n) is 6.26. The molecule has 3 N–H and O–H groups in total. The van der Waals surface area contributed by atoms with Crippen molar-refractivity contribution in [3.05, 3.63) is 0 Å². The summed E-state index contributed by atoms with van der Waals surface area (Å²) in [5.74, 6) is -0.613. The lowest BCUT2D eigenvalue weighted by Crippen LogP contribution is -2.55. The summed E-state index contributed by atoms with van der Waals surface area (Å²) >= 11 is 0. The number of carbonyl (C=O) groups excluding carboxylic acids is 1. The molecule has 1 heterocycles. The Kier molecular flexibility index (Phi) is 5.55. The molecule has 106 valence electrons. The summed E-state index contributed by atoms with van der Waals surface area (Å²) in [4.78, 5) is 12.8. The van der Waals surface area contributed by atoms with E-state index in [9.17, 15) is 13.2 Å². The lowest BCUT2D eigenvalue weighted by atomic mass is 10.1. The van der Waals surface area contributed by atoms with Crippen molar-refractivity contribution < 1.29 is 13.2 Å². The fourth-order valence-corrected chi connectivity index (χ4v) is 3.25. The normalized spacial score (nSPS) is 26.1. The van der Waals surface area contributed by atoms with Crippen molar-refractivity contribution in [2.24, 2.45) is 5.73 Å². The number of nitrogens with one attached hydrogen (secondary N) is 1. The van der Waals surface area contributed by atoms with E-state index in [-0.39, 0.29) is 17.9 Å². The molecule has 0 aliphatic carbocycles. The molecule has 1 aliphatic heterocycles. The van der Waals surface area contributed by atoms with Crippen molar-refractivity contribution in [2.45, 2.75) is 32.4 Å². The Labute approximate surface area is 109 Å². The molecule has 1 aliphatic rings. The number of nitrogens with two attached hydrogens (primary N) is 1. The number of carbonyl (C=O) groups is 1. The Hall–Kier alpha value is -0.660. The molecule has 18 heavy (non-hydrogen) atoms. The van der Waals surface area contributed by atoms with Gasteiger partial charge in [0.2, 0.25) is 5.91 Å². The molecule has 1 saturated heterocycles. The monoisotopic (exact) mass is 277 g/mol. The summed E-state index contributed by atoms with van der Waals surface area (Å²) in [6.07, 6.45) is -0.0875. The van der Waals surface area contributed by atoms with Crippen LogP contribution in [0.2, 0.25) is 0 Å². The molecule has 0 aromatic rings. The van der Waals surface area contributed by atoms with Crippen LogP contribution in [-0.4, -0.2) is 62.4 Å². The van der Waals surface area contributed by atoms with E-state index in [0.29, 0.717) is 18.6 Å². The minimum atomic E-state index is -3.18. The minimum Gasteiger partial charge on any atom is -0.370 e. The molecule has 0 radical (unpaired) electrons. The molecule has 6 nitrogen and oxygen atoms in total. The molecule has 2 atom stereocenters. The van der Waals surface area contributed by atoms with Crippen LogP contribution in [0.4, 0.5) is 0 Å². The first kappa shape index (κ1) is 15.4. The maximum Gasteiger partial charge on any atom is 0.218 e. The van der Waals surface area contributed by atoms with Crippen LogP contribution in [0, 0.1) is 0 Å². The highest BCUT2D eigenvalue weighted by Gasteiger charge is 2.23. The second-order valence-corrected chi connectivity index (χ2v) is 7.33. The second kappa shape index (κ2) is 6.49. The van der Waals surface area contributed by atoms with Crippen LogP contribution < -0.4 is 11.1 Å². The van der Waals surface area contributed by atoms with E-state index in [1.165, 1.54) is 0 Å². The van der Waals surface area contributed by atoms with E-state index in [2.05, 4.69) is 24.1 Å². The maximum atomic E-state index is 11.7. The number of amides is 1. The Bertz CT molecular complexity index is 383. The van der Waals surface area contributed by atoms with Gasteiger partial charge in [-0.25, -0.2) is 8.42 Å². The van der Waals surface area contributed by atoms with Gasteiger partial charge in [0, 0.05) is 38.1 Å². The number of rotatable bonds is 6. The van der Waals surface area contributed by atoms with Crippen LogP contribution in [0.1, 0.15) is 20.3 Å². The number of sulfone groups is 1. The first-order chi connectivity index (χ1) is 8.30. The molecular formula is C11H23N3O3S. The fraction of sp³-hybridized carbons (Fsp3) is 0.909. The van der Waals surface area contributed by atoms with Gasteiger partial charge in [-0.05, 0) is 13.8 Å². The van der Waals surface area contributed by atoms with Crippen LogP contribution in [0.15, 0.2) is 0 Å². The molecule has 7 heteroatoms. The van der Waals surface area contributed by atoms with E-state index < -0.39 is 15.7 Å². The standard InChI is InChI=1S/C11H23N3O3S/c1-9-8-14(10(2)7-13-9)4-6-18(16,17)5-3-11(12)15/h9-10,13H,3-8H2,1-2H3,(H2,12,15). The fourth-order valence-electron chi connectivity index (χ4n) is 2.02. The number of hydrogen-bond donors (Lipinski definition) is 2. The number of nitrogens with zero attached hydrogens (tertiary/aromatic N) is 1. The zero-order valence-electron chi connectivity index (χ0n) is 11.1. The first-order valence-corrected chi connectivity index (χ1v) is 8.08. The van der Waals surface area contributed by atoms with Gasteiger partial charge in [-0.15, -0.1) is 0 Å². The summed E-state index contributed by atoms with van der Waals surface area (Å²) in [6, 6.07) is 0.724. The summed E-state index contributed by atoms with van der Waals surface area (Å²) < 4.78 is 23.4. The Balaban J connectivity index is 2.41. The average molecular weight is 277 g/mol. The van der Waals surface area contributed by atoms with E-state index >= 15 is 0 Å². The third-order valence-corrected chi connectivity index (χ3v) is 4.87. The van der Waals surface area contributed by atoms with E-state index in [4.69, 9.17) is 5.73 Å². The number of primary amides is 1. The highest BCUT2D eigenvalue weighted by molar-refractivity contribution is 7.91. The van der Waals surface area contributed by atoms with Gasteiger partial charge in [0.05, 0.1) is 11.5 Å². The van der Waals surface area contributed by atoms with E-state index in [0.717, 1.165) is 13.1 Å². The topological polar surface area (TPSA) is 92.5 Å². The summed E-state index contributed by atoms with van der Waals surface area (Å²) in [5, 5.41) is 3.35. The van der Waals surface area contributed by atoms with E-state index in [1.54, 1.807) is 0 Å². The van der Waals surface area contributed by atoms with Crippen LogP contribution >= 0.6 is 0 Å². The van der Waals surface area contributed by atoms with Gasteiger partial charge in [0.25, 0.3) is 0 Å². The Morgan fingerprint density at radius 2 is 2.06 bits per heavy atom. The summed E-state index contributed by atoms with van der Waals surface area (Å²) in [6.45, 7) is 6.42. The molecular weight excluding hydrogens is 254 g/mol. The third kappa shape index (κ3) is 5.32. The Morgan fingerprint density at radius 1 is 1.39 bits per heavy atom. The molecule has 0 aromatic heterocycles. The number of hydrogen-bond acceptors (Lipinski definition) is 5. The van der Waals surface area contributed by atoms with Crippen LogP contribution in [-0.2, 0) is 14.6 Å². The highest BCUT2D eigenvalue weighted by atomic mass is 32.2. The molecule has 1 fully saturated rings. The lowest BCUT2D eigenvalue weighted by Gasteiger charge is -2.37. The SMILES string of the molecule is CC1CN(CCS(=O)(=O)CCC(N)=O)C(C)CN1. The summed E-state index contributed by atoms with van der Waals surface area (Å²) in [7, 11) is -3.18. The van der Waals surface area contributed by atoms with Crippen LogP contribution in [0.25, 0.3) is 0 Å². The van der Waals surface area contributed by atoms with Gasteiger partial charge in [0.1, 0.15) is 0 Å². The zero-order valence-corrected chi connectivity index (χ0v) is 11.9. The van der Waals surface area contributed by atoms with Crippen molar-refractivity contribution in [3.8, 4) is 0 Å². The van der Waals surface area contributed by atoms with Gasteiger partial charge in [-0.1, -0.05) is 0 Å². The van der Waals surface area contributed by atoms with Crippen molar-refractivity contribution >= 4 is 15.7 Å². The van der Waals surface area contributed by atoms with Crippen LogP contribution in [0.5, 0.6) is 0 Å². The van der Waals surface area contributed by atoms with Crippen molar-refractivity contribution in [3.63, 3.8) is 0 Å². The van der Waals surface area contributed by atoms with Gasteiger partial charge >= 0.3 is 0 Å². The second-order valence-electron chi connectivity index (χ2n) is 5.02. The Morgan fingerprint density at radius 3 is 2.67 bits per heavy atom. The molecule has 0 bridgehead atoms. The van der Waals surface area contributed by atoms with Crippen molar-refractivity contribution in [1.29, 1.82) is 0 Å². The quantitative estimate of drug-likeness (QED) is 0.647. The lowest BCUT2D eigenvalue weighted by molar-refractivity contribution is -0.117. The maximum absolute atomic E-state index is 11.7. The summed E-state index contributed by atoms with van der Waals surface area (Å²) in [5.41, 5.74) is 4.96. The average Bonchev–Trinajstić information content (AvgIpc) is 2.28. The molecule has 1 rings (SSSR count). The molecule has 2 unspecified atom stereocenters. The van der Waals surface area contributed by atoms with Crippen molar-refractivity contribution in [2.75, 3.05) is 31.1 Å². The zero-order chi connectivity index (χ0) is 13.8. The molecule has 1 amide bonds. The smallest absolute Gasteiger partial charge is 0.218 e. The van der Waals surface area contributed by atoms with Gasteiger partial charge in [-0.2, -0.15) is 0 Å². The van der Waals surface area contributed by atoms with Gasteiger partial charge in [-0.3, -0.25) is 9.69 Å². The highest BCUT2D eigenvalue weighted by Crippen LogP contribution is 2.07. The van der Waals surface area contributed by atoms with Crippen molar-refractivity contribution in [1.82, 2.24) is 10.2 Å². The van der Waals surface area contributed by atoms with Crippen LogP contribution in [0.3, 0.4) is 0 Å². The molecule has 0 aromatic carbocycles. The third-order valence-electron chi connectivity index (χ3n) is 3.24. The van der Waals surface area contributed by atoms with Gasteiger partial charge in [0.15, 0.2) is 9.84 Å². The molecule has 0 spiro atoms. The minimum absolute atomic E-state index is 0.0875.